The smallest absolute Gasteiger partial charge is 0.325 e. The number of nitro benzene ring substituents is 1. The average Bonchev–Trinajstić information content (AvgIpc) is 2.31. The molecular formula is C10H10BrN3O5. The maximum atomic E-state index is 11.5. The number of carboxylic acid groups (broad SMARTS) is 1. The summed E-state index contributed by atoms with van der Waals surface area (Å²) < 4.78 is 0.441. The number of carboxylic acids is 1. The van der Waals surface area contributed by atoms with E-state index in [1.54, 1.807) is 0 Å². The molecule has 3 N–H and O–H groups in total. The number of urea groups is 1. The molecule has 0 aliphatic heterocycles. The molecule has 8 nitrogen and oxygen atoms in total. The monoisotopic (exact) mass is 331 g/mol. The molecule has 0 spiro atoms. The van der Waals surface area contributed by atoms with Crippen molar-refractivity contribution in [2.45, 2.75) is 13.0 Å². The summed E-state index contributed by atoms with van der Waals surface area (Å²) in [5.74, 6) is -1.19. The summed E-state index contributed by atoms with van der Waals surface area (Å²) in [6, 6.07) is 2.00. The largest absolute Gasteiger partial charge is 0.480 e. The summed E-state index contributed by atoms with van der Waals surface area (Å²) >= 11 is 3.12. The first kappa shape index (κ1) is 14.9. The van der Waals surface area contributed by atoms with Gasteiger partial charge in [-0.05, 0) is 28.9 Å². The van der Waals surface area contributed by atoms with Crippen molar-refractivity contribution >= 4 is 39.3 Å². The minimum Gasteiger partial charge on any atom is -0.480 e. The molecular weight excluding hydrogens is 322 g/mol. The molecule has 0 heterocycles. The molecule has 0 aromatic heterocycles. The maximum Gasteiger partial charge on any atom is 0.325 e. The summed E-state index contributed by atoms with van der Waals surface area (Å²) in [4.78, 5) is 32.0. The van der Waals surface area contributed by atoms with Gasteiger partial charge in [-0.15, -0.1) is 0 Å². The second kappa shape index (κ2) is 6.14. The van der Waals surface area contributed by atoms with Crippen molar-refractivity contribution in [3.05, 3.63) is 32.8 Å². The first-order valence-electron chi connectivity index (χ1n) is 5.05. The van der Waals surface area contributed by atoms with Crippen LogP contribution >= 0.6 is 15.9 Å². The van der Waals surface area contributed by atoms with Crippen LogP contribution in [0.2, 0.25) is 0 Å². The van der Waals surface area contributed by atoms with Crippen LogP contribution in [-0.4, -0.2) is 28.1 Å². The average molecular weight is 332 g/mol. The van der Waals surface area contributed by atoms with Gasteiger partial charge in [-0.1, -0.05) is 0 Å². The van der Waals surface area contributed by atoms with E-state index in [0.717, 1.165) is 6.07 Å². The van der Waals surface area contributed by atoms with E-state index in [-0.39, 0.29) is 11.4 Å². The van der Waals surface area contributed by atoms with Crippen LogP contribution in [0.4, 0.5) is 16.2 Å². The molecule has 0 aliphatic carbocycles. The number of nitro groups is 1. The van der Waals surface area contributed by atoms with Gasteiger partial charge in [0, 0.05) is 16.6 Å². The van der Waals surface area contributed by atoms with Crippen molar-refractivity contribution in [3.8, 4) is 0 Å². The lowest BCUT2D eigenvalue weighted by molar-refractivity contribution is -0.384. The Morgan fingerprint density at radius 1 is 1.47 bits per heavy atom. The van der Waals surface area contributed by atoms with E-state index >= 15 is 0 Å². The lowest BCUT2D eigenvalue weighted by Crippen LogP contribution is -2.40. The molecule has 1 rings (SSSR count). The second-order valence-electron chi connectivity index (χ2n) is 3.58. The van der Waals surface area contributed by atoms with Gasteiger partial charge in [-0.3, -0.25) is 14.9 Å². The van der Waals surface area contributed by atoms with Gasteiger partial charge < -0.3 is 15.7 Å². The van der Waals surface area contributed by atoms with Crippen LogP contribution in [0.3, 0.4) is 0 Å². The molecule has 0 fully saturated rings. The van der Waals surface area contributed by atoms with E-state index in [2.05, 4.69) is 26.6 Å². The highest BCUT2D eigenvalue weighted by Gasteiger charge is 2.16. The SMILES string of the molecule is C[C@@H](NC(=O)Nc1cc([N+](=O)[O-])ccc1Br)C(=O)O. The van der Waals surface area contributed by atoms with Gasteiger partial charge in [0.15, 0.2) is 0 Å². The highest BCUT2D eigenvalue weighted by molar-refractivity contribution is 9.10. The number of aliphatic carboxylic acids is 1. The Bertz CT molecular complexity index is 534. The molecule has 0 bridgehead atoms. The summed E-state index contributed by atoms with van der Waals surface area (Å²) in [5, 5.41) is 23.7. The second-order valence-corrected chi connectivity index (χ2v) is 4.43. The third kappa shape index (κ3) is 4.21. The quantitative estimate of drug-likeness (QED) is 0.575. The Morgan fingerprint density at radius 2 is 2.11 bits per heavy atom. The highest BCUT2D eigenvalue weighted by Crippen LogP contribution is 2.26. The highest BCUT2D eigenvalue weighted by atomic mass is 79.9. The lowest BCUT2D eigenvalue weighted by atomic mass is 10.3. The first-order chi connectivity index (χ1) is 8.81. The summed E-state index contributed by atoms with van der Waals surface area (Å²) in [6.07, 6.45) is 0. The third-order valence-electron chi connectivity index (χ3n) is 2.13. The number of carbonyl (C=O) groups is 2. The van der Waals surface area contributed by atoms with Crippen LogP contribution in [0.5, 0.6) is 0 Å². The molecule has 1 aromatic carbocycles. The number of benzene rings is 1. The minimum atomic E-state index is -1.19. The van der Waals surface area contributed by atoms with Gasteiger partial charge in [0.25, 0.3) is 5.69 Å². The molecule has 1 atom stereocenters. The van der Waals surface area contributed by atoms with Crippen molar-refractivity contribution in [1.82, 2.24) is 5.32 Å². The van der Waals surface area contributed by atoms with E-state index in [4.69, 9.17) is 5.11 Å². The fourth-order valence-corrected chi connectivity index (χ4v) is 1.49. The van der Waals surface area contributed by atoms with Gasteiger partial charge in [0.2, 0.25) is 0 Å². The van der Waals surface area contributed by atoms with Crippen LogP contribution in [0.15, 0.2) is 22.7 Å². The molecule has 19 heavy (non-hydrogen) atoms. The zero-order valence-electron chi connectivity index (χ0n) is 9.71. The van der Waals surface area contributed by atoms with Crippen LogP contribution in [-0.2, 0) is 4.79 Å². The first-order valence-corrected chi connectivity index (χ1v) is 5.85. The molecule has 0 radical (unpaired) electrons. The van der Waals surface area contributed by atoms with Crippen molar-refractivity contribution < 1.29 is 19.6 Å². The van der Waals surface area contributed by atoms with Crippen molar-refractivity contribution in [2.24, 2.45) is 0 Å². The van der Waals surface area contributed by atoms with Crippen molar-refractivity contribution in [1.29, 1.82) is 0 Å². The van der Waals surface area contributed by atoms with Gasteiger partial charge in [-0.25, -0.2) is 4.79 Å². The van der Waals surface area contributed by atoms with Crippen LogP contribution < -0.4 is 10.6 Å². The van der Waals surface area contributed by atoms with E-state index in [9.17, 15) is 19.7 Å². The number of rotatable bonds is 4. The fraction of sp³-hybridized carbons (Fsp3) is 0.200. The van der Waals surface area contributed by atoms with Crippen LogP contribution in [0.1, 0.15) is 6.92 Å². The Hall–Kier alpha value is -2.16. The Morgan fingerprint density at radius 3 is 2.63 bits per heavy atom. The maximum absolute atomic E-state index is 11.5. The normalized spacial score (nSPS) is 11.5. The number of halogens is 1. The number of nitrogens with one attached hydrogen (secondary N) is 2. The standard InChI is InChI=1S/C10H10BrN3O5/c1-5(9(15)16)12-10(17)13-8-4-6(14(18)19)2-3-7(8)11/h2-5H,1H3,(H,15,16)(H2,12,13,17)/t5-/m1/s1. The number of non-ortho nitro benzene ring substituents is 1. The third-order valence-corrected chi connectivity index (χ3v) is 2.82. The van der Waals surface area contributed by atoms with Gasteiger partial charge in [-0.2, -0.15) is 0 Å². The Labute approximate surface area is 116 Å². The zero-order chi connectivity index (χ0) is 14.6. The molecule has 2 amide bonds. The summed E-state index contributed by atoms with van der Waals surface area (Å²) in [5.41, 5.74) is -0.0194. The molecule has 0 aliphatic rings. The number of amides is 2. The Balaban J connectivity index is 2.81. The zero-order valence-corrected chi connectivity index (χ0v) is 11.3. The topological polar surface area (TPSA) is 122 Å². The molecule has 9 heteroatoms. The van der Waals surface area contributed by atoms with Gasteiger partial charge >= 0.3 is 12.0 Å². The lowest BCUT2D eigenvalue weighted by Gasteiger charge is -2.11. The summed E-state index contributed by atoms with van der Waals surface area (Å²) in [7, 11) is 0. The van der Waals surface area contributed by atoms with Gasteiger partial charge in [0.1, 0.15) is 6.04 Å². The number of anilines is 1. The van der Waals surface area contributed by atoms with Gasteiger partial charge in [0.05, 0.1) is 10.6 Å². The predicted octanol–water partition coefficient (Wildman–Crippen LogP) is 1.95. The molecule has 0 unspecified atom stereocenters. The van der Waals surface area contributed by atoms with E-state index in [1.165, 1.54) is 19.1 Å². The summed E-state index contributed by atoms with van der Waals surface area (Å²) in [6.45, 7) is 1.30. The van der Waals surface area contributed by atoms with Crippen LogP contribution in [0, 0.1) is 10.1 Å². The number of nitrogens with zero attached hydrogens (tertiary/aromatic N) is 1. The number of hydrogen-bond donors (Lipinski definition) is 3. The number of hydrogen-bond acceptors (Lipinski definition) is 4. The number of carbonyl (C=O) groups excluding carboxylic acids is 1. The predicted molar refractivity (Wildman–Crippen MR) is 70.0 cm³/mol. The molecule has 0 saturated heterocycles. The van der Waals surface area contributed by atoms with E-state index < -0.39 is 23.0 Å². The van der Waals surface area contributed by atoms with Crippen LogP contribution in [0.25, 0.3) is 0 Å². The fourth-order valence-electron chi connectivity index (χ4n) is 1.14. The molecule has 0 saturated carbocycles. The van der Waals surface area contributed by atoms with E-state index in [1.807, 2.05) is 0 Å². The molecule has 1 aromatic rings. The van der Waals surface area contributed by atoms with Crippen molar-refractivity contribution in [3.63, 3.8) is 0 Å². The van der Waals surface area contributed by atoms with Crippen molar-refractivity contribution in [2.75, 3.05) is 5.32 Å². The Kier molecular flexibility index (Phi) is 4.81. The van der Waals surface area contributed by atoms with E-state index in [0.29, 0.717) is 4.47 Å². The molecule has 102 valence electrons. The minimum absolute atomic E-state index is 0.171.